The zero-order chi connectivity index (χ0) is 10.7. The van der Waals surface area contributed by atoms with E-state index in [1.54, 1.807) is 6.07 Å². The van der Waals surface area contributed by atoms with Gasteiger partial charge in [-0.3, -0.25) is 4.90 Å². The fourth-order valence-corrected chi connectivity index (χ4v) is 1.18. The standard InChI is InChI=1S/C11H18N2O/c1-8-6-5-7-10(14)11(8)12-9(2)13(3)4/h5-7,9,12,14H,1-4H3. The molecular formula is C11H18N2O. The van der Waals surface area contributed by atoms with E-state index in [9.17, 15) is 5.11 Å². The molecule has 1 unspecified atom stereocenters. The van der Waals surface area contributed by atoms with Crippen molar-refractivity contribution in [2.45, 2.75) is 20.0 Å². The van der Waals surface area contributed by atoms with Crippen molar-refractivity contribution in [3.05, 3.63) is 23.8 Å². The van der Waals surface area contributed by atoms with Gasteiger partial charge < -0.3 is 10.4 Å². The molecule has 3 nitrogen and oxygen atoms in total. The maximum absolute atomic E-state index is 9.64. The largest absolute Gasteiger partial charge is 0.506 e. The van der Waals surface area contributed by atoms with Crippen molar-refractivity contribution in [2.75, 3.05) is 19.4 Å². The highest BCUT2D eigenvalue weighted by atomic mass is 16.3. The van der Waals surface area contributed by atoms with Gasteiger partial charge in [-0.1, -0.05) is 12.1 Å². The Kier molecular flexibility index (Phi) is 3.36. The summed E-state index contributed by atoms with van der Waals surface area (Å²) in [6, 6.07) is 5.51. The Hall–Kier alpha value is -1.22. The molecule has 1 rings (SSSR count). The van der Waals surface area contributed by atoms with Crippen LogP contribution in [0.4, 0.5) is 5.69 Å². The molecule has 0 aliphatic rings. The third-order valence-electron chi connectivity index (χ3n) is 2.38. The van der Waals surface area contributed by atoms with E-state index in [0.29, 0.717) is 5.75 Å². The molecular weight excluding hydrogens is 176 g/mol. The number of phenolic OH excluding ortho intramolecular Hbond substituents is 1. The summed E-state index contributed by atoms with van der Waals surface area (Å²) < 4.78 is 0. The van der Waals surface area contributed by atoms with Crippen LogP contribution in [-0.4, -0.2) is 30.3 Å². The number of hydrogen-bond acceptors (Lipinski definition) is 3. The molecule has 0 saturated carbocycles. The lowest BCUT2D eigenvalue weighted by Crippen LogP contribution is -2.32. The second-order valence-corrected chi connectivity index (χ2v) is 3.75. The smallest absolute Gasteiger partial charge is 0.138 e. The summed E-state index contributed by atoms with van der Waals surface area (Å²) >= 11 is 0. The normalized spacial score (nSPS) is 12.9. The van der Waals surface area contributed by atoms with E-state index in [4.69, 9.17) is 0 Å². The van der Waals surface area contributed by atoms with Crippen LogP contribution in [0.3, 0.4) is 0 Å². The summed E-state index contributed by atoms with van der Waals surface area (Å²) in [5, 5.41) is 12.9. The summed E-state index contributed by atoms with van der Waals surface area (Å²) in [6.07, 6.45) is 0.196. The molecule has 0 bridgehead atoms. The number of rotatable bonds is 3. The van der Waals surface area contributed by atoms with E-state index in [1.165, 1.54) is 0 Å². The molecule has 3 heteroatoms. The Bertz CT molecular complexity index is 290. The van der Waals surface area contributed by atoms with Crippen LogP contribution in [0.1, 0.15) is 12.5 Å². The molecule has 1 aromatic rings. The Morgan fingerprint density at radius 2 is 2.00 bits per heavy atom. The maximum atomic E-state index is 9.64. The minimum absolute atomic E-state index is 0.196. The quantitative estimate of drug-likeness (QED) is 0.571. The van der Waals surface area contributed by atoms with E-state index in [-0.39, 0.29) is 6.17 Å². The summed E-state index contributed by atoms with van der Waals surface area (Å²) in [6.45, 7) is 4.02. The molecule has 0 heterocycles. The minimum Gasteiger partial charge on any atom is -0.506 e. The van der Waals surface area contributed by atoms with Gasteiger partial charge in [-0.15, -0.1) is 0 Å². The molecule has 2 N–H and O–H groups in total. The molecule has 0 aliphatic heterocycles. The number of hydrogen-bond donors (Lipinski definition) is 2. The predicted octanol–water partition coefficient (Wildman–Crippen LogP) is 2.02. The van der Waals surface area contributed by atoms with Crippen molar-refractivity contribution in [2.24, 2.45) is 0 Å². The average Bonchev–Trinajstić information content (AvgIpc) is 2.11. The molecule has 0 aliphatic carbocycles. The fourth-order valence-electron chi connectivity index (χ4n) is 1.18. The number of nitrogens with one attached hydrogen (secondary N) is 1. The van der Waals surface area contributed by atoms with E-state index in [2.05, 4.69) is 5.32 Å². The fraction of sp³-hybridized carbons (Fsp3) is 0.455. The lowest BCUT2D eigenvalue weighted by molar-refractivity contribution is 0.342. The van der Waals surface area contributed by atoms with Gasteiger partial charge in [-0.25, -0.2) is 0 Å². The lowest BCUT2D eigenvalue weighted by atomic mass is 10.2. The maximum Gasteiger partial charge on any atom is 0.138 e. The summed E-state index contributed by atoms with van der Waals surface area (Å²) in [5.74, 6) is 0.304. The van der Waals surface area contributed by atoms with Gasteiger partial charge in [-0.05, 0) is 39.6 Å². The molecule has 1 atom stereocenters. The van der Waals surface area contributed by atoms with Crippen LogP contribution in [0.25, 0.3) is 0 Å². The molecule has 0 radical (unpaired) electrons. The first-order valence-corrected chi connectivity index (χ1v) is 4.74. The Balaban J connectivity index is 2.85. The third-order valence-corrected chi connectivity index (χ3v) is 2.38. The first-order chi connectivity index (χ1) is 6.52. The topological polar surface area (TPSA) is 35.5 Å². The molecule has 0 amide bonds. The van der Waals surface area contributed by atoms with Gasteiger partial charge in [0.25, 0.3) is 0 Å². The predicted molar refractivity (Wildman–Crippen MR) is 59.6 cm³/mol. The molecule has 0 saturated heterocycles. The molecule has 0 aromatic heterocycles. The molecule has 0 fully saturated rings. The van der Waals surface area contributed by atoms with Crippen molar-refractivity contribution in [1.29, 1.82) is 0 Å². The summed E-state index contributed by atoms with van der Waals surface area (Å²) in [4.78, 5) is 2.05. The van der Waals surface area contributed by atoms with Crippen LogP contribution in [0.5, 0.6) is 5.75 Å². The number of nitrogens with zero attached hydrogens (tertiary/aromatic N) is 1. The highest BCUT2D eigenvalue weighted by Crippen LogP contribution is 2.27. The number of benzene rings is 1. The van der Waals surface area contributed by atoms with Gasteiger partial charge >= 0.3 is 0 Å². The zero-order valence-electron chi connectivity index (χ0n) is 9.20. The Morgan fingerprint density at radius 1 is 1.36 bits per heavy atom. The SMILES string of the molecule is Cc1cccc(O)c1NC(C)N(C)C. The number of phenols is 1. The number of anilines is 1. The first-order valence-electron chi connectivity index (χ1n) is 4.74. The zero-order valence-corrected chi connectivity index (χ0v) is 9.20. The van der Waals surface area contributed by atoms with Gasteiger partial charge in [0.15, 0.2) is 0 Å². The van der Waals surface area contributed by atoms with Crippen LogP contribution in [0.2, 0.25) is 0 Å². The van der Waals surface area contributed by atoms with Crippen molar-refractivity contribution in [1.82, 2.24) is 4.90 Å². The van der Waals surface area contributed by atoms with Crippen molar-refractivity contribution in [3.63, 3.8) is 0 Å². The highest BCUT2D eigenvalue weighted by Gasteiger charge is 2.08. The van der Waals surface area contributed by atoms with Crippen molar-refractivity contribution >= 4 is 5.69 Å². The van der Waals surface area contributed by atoms with Crippen LogP contribution in [0.15, 0.2) is 18.2 Å². The third kappa shape index (κ3) is 2.39. The molecule has 14 heavy (non-hydrogen) atoms. The monoisotopic (exact) mass is 194 g/mol. The average molecular weight is 194 g/mol. The second-order valence-electron chi connectivity index (χ2n) is 3.75. The van der Waals surface area contributed by atoms with E-state index in [1.807, 2.05) is 45.0 Å². The summed E-state index contributed by atoms with van der Waals surface area (Å²) in [7, 11) is 3.99. The number of para-hydroxylation sites is 1. The van der Waals surface area contributed by atoms with E-state index in [0.717, 1.165) is 11.3 Å². The molecule has 0 spiro atoms. The van der Waals surface area contributed by atoms with Crippen LogP contribution < -0.4 is 5.32 Å². The van der Waals surface area contributed by atoms with Gasteiger partial charge in [0, 0.05) is 0 Å². The van der Waals surface area contributed by atoms with Gasteiger partial charge in [0.1, 0.15) is 5.75 Å². The lowest BCUT2D eigenvalue weighted by Gasteiger charge is -2.23. The van der Waals surface area contributed by atoms with Crippen LogP contribution in [-0.2, 0) is 0 Å². The number of aryl methyl sites for hydroxylation is 1. The van der Waals surface area contributed by atoms with E-state index < -0.39 is 0 Å². The van der Waals surface area contributed by atoms with Crippen LogP contribution >= 0.6 is 0 Å². The van der Waals surface area contributed by atoms with Gasteiger partial charge in [-0.2, -0.15) is 0 Å². The molecule has 1 aromatic carbocycles. The first kappa shape index (κ1) is 10.9. The van der Waals surface area contributed by atoms with E-state index >= 15 is 0 Å². The van der Waals surface area contributed by atoms with Crippen molar-refractivity contribution in [3.8, 4) is 5.75 Å². The molecule has 78 valence electrons. The van der Waals surface area contributed by atoms with Crippen molar-refractivity contribution < 1.29 is 5.11 Å². The Labute approximate surface area is 85.4 Å². The Morgan fingerprint density at radius 3 is 2.50 bits per heavy atom. The van der Waals surface area contributed by atoms with Gasteiger partial charge in [0.05, 0.1) is 11.9 Å². The van der Waals surface area contributed by atoms with Gasteiger partial charge in [0.2, 0.25) is 0 Å². The highest BCUT2D eigenvalue weighted by molar-refractivity contribution is 5.61. The van der Waals surface area contributed by atoms with Crippen LogP contribution in [0, 0.1) is 6.92 Å². The minimum atomic E-state index is 0.196. The number of aromatic hydroxyl groups is 1. The second kappa shape index (κ2) is 4.33. The summed E-state index contributed by atoms with van der Waals surface area (Å²) in [5.41, 5.74) is 1.87.